The number of nitrogens with zero attached hydrogens (tertiary/aromatic N) is 4. The van der Waals surface area contributed by atoms with Crippen LogP contribution in [0, 0.1) is 0 Å². The fourth-order valence-corrected chi connectivity index (χ4v) is 2.64. The summed E-state index contributed by atoms with van der Waals surface area (Å²) in [6.07, 6.45) is 0. The second-order valence-electron chi connectivity index (χ2n) is 5.50. The number of hydrogen-bond acceptors (Lipinski definition) is 6. The van der Waals surface area contributed by atoms with Gasteiger partial charge in [-0.3, -0.25) is 0 Å². The van der Waals surface area contributed by atoms with E-state index in [1.54, 1.807) is 0 Å². The molecule has 1 aromatic heterocycles. The molecule has 118 valence electrons. The summed E-state index contributed by atoms with van der Waals surface area (Å²) in [6.45, 7) is 11.4. The monoisotopic (exact) mass is 293 g/mol. The molecule has 6 heteroatoms. The molecule has 1 aromatic rings. The minimum Gasteiger partial charge on any atom is -0.374 e. The molecule has 1 aliphatic heterocycles. The molecule has 0 radical (unpaired) electrons. The second-order valence-corrected chi connectivity index (χ2v) is 5.50. The van der Waals surface area contributed by atoms with Gasteiger partial charge in [0.1, 0.15) is 18.2 Å². The highest BCUT2D eigenvalue weighted by Crippen LogP contribution is 2.21. The molecular weight excluding hydrogens is 266 g/mol. The van der Waals surface area contributed by atoms with E-state index in [-0.39, 0.29) is 0 Å². The molecule has 2 rings (SSSR count). The Bertz CT molecular complexity index is 454. The number of piperazine rings is 1. The van der Waals surface area contributed by atoms with Gasteiger partial charge in [0.05, 0.1) is 0 Å². The number of nitrogens with one attached hydrogen (secondary N) is 1. The van der Waals surface area contributed by atoms with E-state index < -0.39 is 0 Å². The second kappa shape index (κ2) is 7.56. The van der Waals surface area contributed by atoms with Crippen LogP contribution in [0.4, 0.5) is 11.6 Å². The van der Waals surface area contributed by atoms with E-state index in [1.807, 2.05) is 13.0 Å². The number of ether oxygens (including phenoxy) is 1. The van der Waals surface area contributed by atoms with Crippen molar-refractivity contribution in [2.45, 2.75) is 33.4 Å². The smallest absolute Gasteiger partial charge is 0.158 e. The van der Waals surface area contributed by atoms with Crippen molar-refractivity contribution in [3.05, 3.63) is 11.9 Å². The molecule has 0 spiro atoms. The first kappa shape index (κ1) is 16.0. The third-order valence-corrected chi connectivity index (χ3v) is 3.68. The highest BCUT2D eigenvalue weighted by atomic mass is 16.5. The van der Waals surface area contributed by atoms with Crippen LogP contribution in [-0.4, -0.2) is 60.7 Å². The Morgan fingerprint density at radius 1 is 1.33 bits per heavy atom. The van der Waals surface area contributed by atoms with Crippen LogP contribution in [0.15, 0.2) is 6.07 Å². The summed E-state index contributed by atoms with van der Waals surface area (Å²) in [5.74, 6) is 2.62. The Kier molecular flexibility index (Phi) is 5.76. The summed E-state index contributed by atoms with van der Waals surface area (Å²) in [6, 6.07) is 2.49. The van der Waals surface area contributed by atoms with E-state index in [2.05, 4.69) is 46.0 Å². The summed E-state index contributed by atoms with van der Waals surface area (Å²) in [4.78, 5) is 13.9. The third kappa shape index (κ3) is 4.28. The predicted molar refractivity (Wildman–Crippen MR) is 85.8 cm³/mol. The fraction of sp³-hybridized carbons (Fsp3) is 0.733. The topological polar surface area (TPSA) is 53.5 Å². The van der Waals surface area contributed by atoms with Crippen molar-refractivity contribution < 1.29 is 4.74 Å². The Morgan fingerprint density at radius 2 is 2.14 bits per heavy atom. The van der Waals surface area contributed by atoms with Crippen LogP contribution in [0.5, 0.6) is 0 Å². The first-order valence-corrected chi connectivity index (χ1v) is 7.78. The number of anilines is 2. The molecular formula is C15H27N5O. The molecule has 1 N–H and O–H groups in total. The summed E-state index contributed by atoms with van der Waals surface area (Å²) in [7, 11) is 2.17. The van der Waals surface area contributed by atoms with Crippen LogP contribution in [0.2, 0.25) is 0 Å². The minimum atomic E-state index is 0.452. The standard InChI is InChI=1S/C15H27N5O/c1-5-16-13-9-15(18-14(17-13)11-21-6-2)20-8-7-19(4)10-12(20)3/h9,12H,5-8,10-11H2,1-4H3,(H,16,17,18). The van der Waals surface area contributed by atoms with E-state index in [1.165, 1.54) is 0 Å². The Balaban J connectivity index is 2.21. The van der Waals surface area contributed by atoms with E-state index in [0.29, 0.717) is 19.3 Å². The highest BCUT2D eigenvalue weighted by Gasteiger charge is 2.23. The zero-order chi connectivity index (χ0) is 15.2. The van der Waals surface area contributed by atoms with Crippen molar-refractivity contribution in [1.29, 1.82) is 0 Å². The van der Waals surface area contributed by atoms with Crippen molar-refractivity contribution in [2.24, 2.45) is 0 Å². The van der Waals surface area contributed by atoms with E-state index >= 15 is 0 Å². The lowest BCUT2D eigenvalue weighted by atomic mass is 10.2. The molecule has 1 unspecified atom stereocenters. The van der Waals surface area contributed by atoms with Crippen LogP contribution in [-0.2, 0) is 11.3 Å². The maximum absolute atomic E-state index is 5.46. The maximum Gasteiger partial charge on any atom is 0.158 e. The van der Waals surface area contributed by atoms with Crippen LogP contribution < -0.4 is 10.2 Å². The van der Waals surface area contributed by atoms with Crippen molar-refractivity contribution >= 4 is 11.6 Å². The molecule has 1 saturated heterocycles. The van der Waals surface area contributed by atoms with Crippen molar-refractivity contribution in [2.75, 3.05) is 50.1 Å². The fourth-order valence-electron chi connectivity index (χ4n) is 2.64. The quantitative estimate of drug-likeness (QED) is 0.859. The lowest BCUT2D eigenvalue weighted by molar-refractivity contribution is 0.128. The van der Waals surface area contributed by atoms with Gasteiger partial charge in [-0.1, -0.05) is 0 Å². The zero-order valence-corrected chi connectivity index (χ0v) is 13.6. The average Bonchev–Trinajstić information content (AvgIpc) is 2.45. The van der Waals surface area contributed by atoms with Gasteiger partial charge in [-0.15, -0.1) is 0 Å². The van der Waals surface area contributed by atoms with Gasteiger partial charge in [-0.05, 0) is 27.8 Å². The summed E-state index contributed by atoms with van der Waals surface area (Å²) in [5, 5.41) is 3.28. The van der Waals surface area contributed by atoms with Gasteiger partial charge in [0.2, 0.25) is 0 Å². The average molecular weight is 293 g/mol. The predicted octanol–water partition coefficient (Wildman–Crippen LogP) is 1.59. The van der Waals surface area contributed by atoms with Crippen LogP contribution in [0.1, 0.15) is 26.6 Å². The SMILES string of the molecule is CCNc1cc(N2CCN(C)CC2C)nc(COCC)n1. The Labute approximate surface area is 127 Å². The normalized spacial score (nSPS) is 19.8. The molecule has 1 atom stereocenters. The van der Waals surface area contributed by atoms with Crippen LogP contribution in [0.3, 0.4) is 0 Å². The summed E-state index contributed by atoms with van der Waals surface area (Å²) in [5.41, 5.74) is 0. The van der Waals surface area contributed by atoms with Gasteiger partial charge in [0, 0.05) is 44.9 Å². The highest BCUT2D eigenvalue weighted by molar-refractivity contribution is 5.50. The van der Waals surface area contributed by atoms with Crippen molar-refractivity contribution in [3.8, 4) is 0 Å². The molecule has 21 heavy (non-hydrogen) atoms. The number of hydrogen-bond donors (Lipinski definition) is 1. The van der Waals surface area contributed by atoms with Gasteiger partial charge < -0.3 is 19.9 Å². The first-order chi connectivity index (χ1) is 10.1. The van der Waals surface area contributed by atoms with Gasteiger partial charge in [0.15, 0.2) is 5.82 Å². The lowest BCUT2D eigenvalue weighted by Crippen LogP contribution is -2.50. The summed E-state index contributed by atoms with van der Waals surface area (Å²) >= 11 is 0. The van der Waals surface area contributed by atoms with Gasteiger partial charge in [0.25, 0.3) is 0 Å². The van der Waals surface area contributed by atoms with Gasteiger partial charge in [-0.25, -0.2) is 9.97 Å². The molecule has 0 aliphatic carbocycles. The number of aromatic nitrogens is 2. The Hall–Kier alpha value is -1.40. The Morgan fingerprint density at radius 3 is 2.81 bits per heavy atom. The molecule has 0 aromatic carbocycles. The lowest BCUT2D eigenvalue weighted by Gasteiger charge is -2.39. The maximum atomic E-state index is 5.46. The zero-order valence-electron chi connectivity index (χ0n) is 13.6. The molecule has 0 bridgehead atoms. The van der Waals surface area contributed by atoms with E-state index in [4.69, 9.17) is 4.74 Å². The molecule has 1 fully saturated rings. The van der Waals surface area contributed by atoms with Crippen LogP contribution >= 0.6 is 0 Å². The molecule has 6 nitrogen and oxygen atoms in total. The first-order valence-electron chi connectivity index (χ1n) is 7.78. The van der Waals surface area contributed by atoms with Crippen LogP contribution in [0.25, 0.3) is 0 Å². The van der Waals surface area contributed by atoms with Crippen molar-refractivity contribution in [1.82, 2.24) is 14.9 Å². The van der Waals surface area contributed by atoms with Gasteiger partial charge >= 0.3 is 0 Å². The molecule has 2 heterocycles. The number of rotatable bonds is 6. The van der Waals surface area contributed by atoms with Gasteiger partial charge in [-0.2, -0.15) is 0 Å². The van der Waals surface area contributed by atoms with E-state index in [9.17, 15) is 0 Å². The number of likely N-dealkylation sites (N-methyl/N-ethyl adjacent to an activating group) is 1. The third-order valence-electron chi connectivity index (χ3n) is 3.68. The summed E-state index contributed by atoms with van der Waals surface area (Å²) < 4.78 is 5.46. The molecule has 0 amide bonds. The van der Waals surface area contributed by atoms with Crippen molar-refractivity contribution in [3.63, 3.8) is 0 Å². The van der Waals surface area contributed by atoms with E-state index in [0.717, 1.165) is 43.6 Å². The molecule has 0 saturated carbocycles. The minimum absolute atomic E-state index is 0.452. The molecule has 1 aliphatic rings. The largest absolute Gasteiger partial charge is 0.374 e.